The SMILES string of the molecule is COC(=O)CCc1[nH]ccc1CC(C(=O)OC(C)(C)C)c1ccc(OCCCCCc2ccccc2)cc1. The standard InChI is InChI=1S/C32H41NO5/c1-32(2,3)38-31(35)28(23-26-20-21-33-29(26)18-19-30(34)36-4)25-14-16-27(17-15-25)37-22-10-6-9-13-24-11-7-5-8-12-24/h5,7-8,11-12,14-17,20-21,28,33H,6,9-10,13,18-19,22-23H2,1-4H3. The number of aryl methyl sites for hydroxylation is 2. The molecule has 3 rings (SSSR count). The topological polar surface area (TPSA) is 77.6 Å². The first-order chi connectivity index (χ1) is 18.2. The van der Waals surface area contributed by atoms with Gasteiger partial charge >= 0.3 is 11.9 Å². The lowest BCUT2D eigenvalue weighted by Crippen LogP contribution is -2.29. The maximum absolute atomic E-state index is 13.2. The Morgan fingerprint density at radius 2 is 1.63 bits per heavy atom. The third kappa shape index (κ3) is 9.73. The molecule has 0 aliphatic carbocycles. The Morgan fingerprint density at radius 3 is 2.32 bits per heavy atom. The summed E-state index contributed by atoms with van der Waals surface area (Å²) in [5.41, 5.74) is 3.57. The Balaban J connectivity index is 1.59. The highest BCUT2D eigenvalue weighted by Crippen LogP contribution is 2.28. The smallest absolute Gasteiger partial charge is 0.314 e. The summed E-state index contributed by atoms with van der Waals surface area (Å²) in [5, 5.41) is 0. The predicted molar refractivity (Wildman–Crippen MR) is 149 cm³/mol. The van der Waals surface area contributed by atoms with E-state index >= 15 is 0 Å². The van der Waals surface area contributed by atoms with Crippen LogP contribution in [0.3, 0.4) is 0 Å². The average molecular weight is 520 g/mol. The molecule has 0 radical (unpaired) electrons. The quantitative estimate of drug-likeness (QED) is 0.192. The van der Waals surface area contributed by atoms with Gasteiger partial charge in [-0.2, -0.15) is 0 Å². The normalized spacial score (nSPS) is 12.1. The van der Waals surface area contributed by atoms with Crippen LogP contribution >= 0.6 is 0 Å². The Kier molecular flexibility index (Phi) is 11.0. The van der Waals surface area contributed by atoms with Crippen LogP contribution in [0.2, 0.25) is 0 Å². The van der Waals surface area contributed by atoms with E-state index in [1.165, 1.54) is 12.7 Å². The fraction of sp³-hybridized carbons (Fsp3) is 0.438. The molecule has 0 fully saturated rings. The summed E-state index contributed by atoms with van der Waals surface area (Å²) in [5.74, 6) is -0.222. The van der Waals surface area contributed by atoms with E-state index in [0.717, 1.165) is 48.3 Å². The van der Waals surface area contributed by atoms with Gasteiger partial charge in [-0.3, -0.25) is 9.59 Å². The zero-order valence-corrected chi connectivity index (χ0v) is 23.1. The van der Waals surface area contributed by atoms with Crippen molar-refractivity contribution in [2.45, 2.75) is 77.2 Å². The number of rotatable bonds is 14. The fourth-order valence-electron chi connectivity index (χ4n) is 4.36. The molecular formula is C32H41NO5. The zero-order chi connectivity index (χ0) is 27.4. The van der Waals surface area contributed by atoms with Crippen LogP contribution in [-0.4, -0.2) is 36.2 Å². The molecule has 1 atom stereocenters. The summed E-state index contributed by atoms with van der Waals surface area (Å²) in [6.45, 7) is 6.28. The molecule has 0 bridgehead atoms. The monoisotopic (exact) mass is 519 g/mol. The van der Waals surface area contributed by atoms with Gasteiger partial charge in [0.15, 0.2) is 0 Å². The summed E-state index contributed by atoms with van der Waals surface area (Å²) < 4.78 is 16.5. The average Bonchev–Trinajstić information content (AvgIpc) is 3.35. The second-order valence-corrected chi connectivity index (χ2v) is 10.6. The van der Waals surface area contributed by atoms with Crippen LogP contribution in [0, 0.1) is 0 Å². The molecule has 1 unspecified atom stereocenters. The molecule has 6 heteroatoms. The van der Waals surface area contributed by atoms with Crippen LogP contribution in [0.1, 0.15) is 74.8 Å². The first kappa shape index (κ1) is 29.0. The second kappa shape index (κ2) is 14.4. The summed E-state index contributed by atoms with van der Waals surface area (Å²) >= 11 is 0. The fourth-order valence-corrected chi connectivity index (χ4v) is 4.36. The van der Waals surface area contributed by atoms with Crippen molar-refractivity contribution in [2.75, 3.05) is 13.7 Å². The first-order valence-electron chi connectivity index (χ1n) is 13.5. The number of methoxy groups -OCH3 is 1. The third-order valence-corrected chi connectivity index (χ3v) is 6.36. The van der Waals surface area contributed by atoms with Gasteiger partial charge in [-0.25, -0.2) is 0 Å². The maximum Gasteiger partial charge on any atom is 0.314 e. The molecule has 0 amide bonds. The molecule has 3 aromatic rings. The van der Waals surface area contributed by atoms with Crippen molar-refractivity contribution in [1.82, 2.24) is 4.98 Å². The Bertz CT molecular complexity index is 1130. The van der Waals surface area contributed by atoms with Crippen LogP contribution in [0.15, 0.2) is 66.9 Å². The molecule has 38 heavy (non-hydrogen) atoms. The molecule has 1 aromatic heterocycles. The van der Waals surface area contributed by atoms with E-state index in [4.69, 9.17) is 14.2 Å². The molecule has 0 saturated carbocycles. The highest BCUT2D eigenvalue weighted by Gasteiger charge is 2.28. The number of unbranched alkanes of at least 4 members (excludes halogenated alkanes) is 2. The van der Waals surface area contributed by atoms with Crippen molar-refractivity contribution in [2.24, 2.45) is 0 Å². The number of carbonyl (C=O) groups excluding carboxylic acids is 2. The number of aromatic amines is 1. The lowest BCUT2D eigenvalue weighted by molar-refractivity contribution is -0.156. The lowest BCUT2D eigenvalue weighted by Gasteiger charge is -2.24. The molecule has 2 aromatic carbocycles. The minimum Gasteiger partial charge on any atom is -0.494 e. The molecule has 0 saturated heterocycles. The molecule has 6 nitrogen and oxygen atoms in total. The van der Waals surface area contributed by atoms with Crippen molar-refractivity contribution < 1.29 is 23.8 Å². The van der Waals surface area contributed by atoms with Gasteiger partial charge in [0.05, 0.1) is 26.1 Å². The van der Waals surface area contributed by atoms with Crippen LogP contribution in [-0.2, 0) is 38.3 Å². The number of hydrogen-bond acceptors (Lipinski definition) is 5. The summed E-state index contributed by atoms with van der Waals surface area (Å²) in [4.78, 5) is 28.1. The second-order valence-electron chi connectivity index (χ2n) is 10.6. The third-order valence-electron chi connectivity index (χ3n) is 6.36. The number of aromatic nitrogens is 1. The largest absolute Gasteiger partial charge is 0.494 e. The molecule has 1 heterocycles. The Labute approximate surface area is 226 Å². The number of benzene rings is 2. The number of carbonyl (C=O) groups is 2. The van der Waals surface area contributed by atoms with Gasteiger partial charge in [-0.1, -0.05) is 42.5 Å². The van der Waals surface area contributed by atoms with Gasteiger partial charge in [0.1, 0.15) is 11.4 Å². The van der Waals surface area contributed by atoms with Crippen molar-refractivity contribution in [3.63, 3.8) is 0 Å². The minimum absolute atomic E-state index is 0.263. The van der Waals surface area contributed by atoms with E-state index in [-0.39, 0.29) is 18.4 Å². The molecular weight excluding hydrogens is 478 g/mol. The van der Waals surface area contributed by atoms with Crippen LogP contribution in [0.4, 0.5) is 0 Å². The molecule has 1 N–H and O–H groups in total. The van der Waals surface area contributed by atoms with Crippen molar-refractivity contribution in [3.05, 3.63) is 89.2 Å². The molecule has 0 spiro atoms. The Hall–Kier alpha value is -3.54. The van der Waals surface area contributed by atoms with E-state index in [0.29, 0.717) is 19.4 Å². The summed E-state index contributed by atoms with van der Waals surface area (Å²) in [6, 6.07) is 20.2. The maximum atomic E-state index is 13.2. The van der Waals surface area contributed by atoms with E-state index in [1.807, 2.05) is 63.4 Å². The molecule has 0 aliphatic rings. The van der Waals surface area contributed by atoms with Gasteiger partial charge in [-0.15, -0.1) is 0 Å². The first-order valence-corrected chi connectivity index (χ1v) is 13.5. The summed E-state index contributed by atoms with van der Waals surface area (Å²) in [7, 11) is 1.38. The van der Waals surface area contributed by atoms with E-state index in [1.54, 1.807) is 0 Å². The van der Waals surface area contributed by atoms with E-state index in [2.05, 4.69) is 29.2 Å². The van der Waals surface area contributed by atoms with Gasteiger partial charge < -0.3 is 19.2 Å². The number of hydrogen-bond donors (Lipinski definition) is 1. The van der Waals surface area contributed by atoms with Crippen molar-refractivity contribution in [1.29, 1.82) is 0 Å². The predicted octanol–water partition coefficient (Wildman–Crippen LogP) is 6.58. The van der Waals surface area contributed by atoms with E-state index in [9.17, 15) is 9.59 Å². The van der Waals surface area contributed by atoms with Gasteiger partial charge in [0.25, 0.3) is 0 Å². The van der Waals surface area contributed by atoms with Crippen LogP contribution in [0.5, 0.6) is 5.75 Å². The van der Waals surface area contributed by atoms with Crippen molar-refractivity contribution >= 4 is 11.9 Å². The number of ether oxygens (including phenoxy) is 3. The number of H-pyrrole nitrogens is 1. The minimum atomic E-state index is -0.593. The number of nitrogens with one attached hydrogen (secondary N) is 1. The van der Waals surface area contributed by atoms with Crippen molar-refractivity contribution in [3.8, 4) is 5.75 Å². The summed E-state index contributed by atoms with van der Waals surface area (Å²) in [6.07, 6.45) is 7.45. The lowest BCUT2D eigenvalue weighted by atomic mass is 9.91. The Morgan fingerprint density at radius 1 is 0.895 bits per heavy atom. The van der Waals surface area contributed by atoms with Gasteiger partial charge in [-0.05, 0) is 94.2 Å². The highest BCUT2D eigenvalue weighted by atomic mass is 16.6. The van der Waals surface area contributed by atoms with Gasteiger partial charge in [0, 0.05) is 11.9 Å². The molecule has 204 valence electrons. The number of esters is 2. The highest BCUT2D eigenvalue weighted by molar-refractivity contribution is 5.79. The van der Waals surface area contributed by atoms with Crippen LogP contribution < -0.4 is 4.74 Å². The molecule has 0 aliphatic heterocycles. The van der Waals surface area contributed by atoms with Crippen LogP contribution in [0.25, 0.3) is 0 Å². The van der Waals surface area contributed by atoms with E-state index < -0.39 is 11.5 Å². The van der Waals surface area contributed by atoms with Gasteiger partial charge in [0.2, 0.25) is 0 Å². The zero-order valence-electron chi connectivity index (χ0n) is 23.1.